The van der Waals surface area contributed by atoms with Crippen LogP contribution in [0.15, 0.2) is 36.4 Å². The van der Waals surface area contributed by atoms with E-state index < -0.39 is 0 Å². The summed E-state index contributed by atoms with van der Waals surface area (Å²) in [4.78, 5) is 0. The second-order valence-corrected chi connectivity index (χ2v) is 3.62. The first-order valence-electron chi connectivity index (χ1n) is 4.72. The molecule has 0 fully saturated rings. The Balaban J connectivity index is 0.00000112. The predicted molar refractivity (Wildman–Crippen MR) is 68.2 cm³/mol. The highest BCUT2D eigenvalue weighted by Gasteiger charge is 2.05. The van der Waals surface area contributed by atoms with Crippen molar-refractivity contribution in [3.8, 4) is 0 Å². The maximum atomic E-state index is 5.89. The number of nitrogen functional groups attached to an aromatic ring is 1. The van der Waals surface area contributed by atoms with Gasteiger partial charge in [-0.1, -0.05) is 24.3 Å². The molecule has 0 aliphatic rings. The van der Waals surface area contributed by atoms with E-state index >= 15 is 0 Å². The molecule has 80 valence electrons. The monoisotopic (exact) mass is 222 g/mol. The van der Waals surface area contributed by atoms with Gasteiger partial charge in [-0.15, -0.1) is 12.4 Å². The van der Waals surface area contributed by atoms with Crippen molar-refractivity contribution in [1.29, 1.82) is 0 Å². The average molecular weight is 223 g/mol. The third-order valence-electron chi connectivity index (χ3n) is 2.41. The lowest BCUT2D eigenvalue weighted by Gasteiger charge is -2.11. The van der Waals surface area contributed by atoms with E-state index in [1.807, 2.05) is 31.2 Å². The van der Waals surface area contributed by atoms with Crippen LogP contribution in [0.5, 0.6) is 0 Å². The van der Waals surface area contributed by atoms with E-state index in [2.05, 4.69) is 12.1 Å². The fourth-order valence-corrected chi connectivity index (χ4v) is 1.74. The van der Waals surface area contributed by atoms with Crippen LogP contribution in [0.25, 0.3) is 10.8 Å². The predicted octanol–water partition coefficient (Wildman–Crippen LogP) is 2.86. The SMILES string of the molecule is C[C@@H](N)c1cc(N)cc2ccccc12.Cl. The molecule has 2 aromatic rings. The maximum Gasteiger partial charge on any atom is 0.0323 e. The number of nitrogens with two attached hydrogens (primary N) is 2. The lowest BCUT2D eigenvalue weighted by Crippen LogP contribution is -2.06. The first-order valence-corrected chi connectivity index (χ1v) is 4.72. The molecule has 2 nitrogen and oxygen atoms in total. The van der Waals surface area contributed by atoms with E-state index in [-0.39, 0.29) is 18.4 Å². The number of hydrogen-bond acceptors (Lipinski definition) is 2. The quantitative estimate of drug-likeness (QED) is 0.729. The van der Waals surface area contributed by atoms with E-state index in [1.54, 1.807) is 0 Å². The lowest BCUT2D eigenvalue weighted by molar-refractivity contribution is 0.827. The third kappa shape index (κ3) is 2.22. The highest BCUT2D eigenvalue weighted by atomic mass is 35.5. The van der Waals surface area contributed by atoms with Crippen molar-refractivity contribution in [2.75, 3.05) is 5.73 Å². The lowest BCUT2D eigenvalue weighted by atomic mass is 9.99. The highest BCUT2D eigenvalue weighted by Crippen LogP contribution is 2.25. The zero-order chi connectivity index (χ0) is 10.1. The molecule has 1 atom stereocenters. The van der Waals surface area contributed by atoms with Gasteiger partial charge in [-0.05, 0) is 35.4 Å². The minimum atomic E-state index is 0. The van der Waals surface area contributed by atoms with Gasteiger partial charge in [0.1, 0.15) is 0 Å². The van der Waals surface area contributed by atoms with Crippen LogP contribution in [0.1, 0.15) is 18.5 Å². The molecular formula is C12H15ClN2. The number of halogens is 1. The van der Waals surface area contributed by atoms with Crippen molar-refractivity contribution in [1.82, 2.24) is 0 Å². The molecule has 0 saturated heterocycles. The Hall–Kier alpha value is -1.25. The second kappa shape index (κ2) is 4.51. The summed E-state index contributed by atoms with van der Waals surface area (Å²) in [6.45, 7) is 1.97. The van der Waals surface area contributed by atoms with Gasteiger partial charge in [-0.2, -0.15) is 0 Å². The van der Waals surface area contributed by atoms with Gasteiger partial charge in [-0.25, -0.2) is 0 Å². The van der Waals surface area contributed by atoms with Gasteiger partial charge in [0.15, 0.2) is 0 Å². The van der Waals surface area contributed by atoms with Gasteiger partial charge >= 0.3 is 0 Å². The van der Waals surface area contributed by atoms with Crippen molar-refractivity contribution >= 4 is 28.9 Å². The summed E-state index contributed by atoms with van der Waals surface area (Å²) in [5.41, 5.74) is 13.6. The third-order valence-corrected chi connectivity index (χ3v) is 2.41. The minimum absolute atomic E-state index is 0. The zero-order valence-electron chi connectivity index (χ0n) is 8.60. The molecule has 0 unspecified atom stereocenters. The van der Waals surface area contributed by atoms with Gasteiger partial charge in [0, 0.05) is 11.7 Å². The van der Waals surface area contributed by atoms with Crippen LogP contribution in [0.3, 0.4) is 0 Å². The molecule has 0 bridgehead atoms. The normalized spacial score (nSPS) is 12.1. The minimum Gasteiger partial charge on any atom is -0.399 e. The molecule has 15 heavy (non-hydrogen) atoms. The van der Waals surface area contributed by atoms with Crippen LogP contribution in [0.2, 0.25) is 0 Å². The number of fused-ring (bicyclic) bond motifs is 1. The van der Waals surface area contributed by atoms with Crippen molar-refractivity contribution < 1.29 is 0 Å². The van der Waals surface area contributed by atoms with E-state index in [9.17, 15) is 0 Å². The van der Waals surface area contributed by atoms with Crippen LogP contribution >= 0.6 is 12.4 Å². The van der Waals surface area contributed by atoms with Crippen LogP contribution in [0, 0.1) is 0 Å². The van der Waals surface area contributed by atoms with Gasteiger partial charge in [0.05, 0.1) is 0 Å². The summed E-state index contributed by atoms with van der Waals surface area (Å²) >= 11 is 0. The number of hydrogen-bond donors (Lipinski definition) is 2. The second-order valence-electron chi connectivity index (χ2n) is 3.62. The number of benzene rings is 2. The van der Waals surface area contributed by atoms with E-state index in [4.69, 9.17) is 11.5 Å². The first-order chi connectivity index (χ1) is 6.68. The smallest absolute Gasteiger partial charge is 0.0323 e. The van der Waals surface area contributed by atoms with Crippen molar-refractivity contribution in [2.24, 2.45) is 5.73 Å². The average Bonchev–Trinajstić information content (AvgIpc) is 2.16. The molecule has 0 aromatic heterocycles. The van der Waals surface area contributed by atoms with Crippen LogP contribution in [0.4, 0.5) is 5.69 Å². The first kappa shape index (κ1) is 11.8. The Kier molecular flexibility index (Phi) is 3.56. The molecule has 0 aliphatic carbocycles. The van der Waals surface area contributed by atoms with Crippen LogP contribution in [-0.4, -0.2) is 0 Å². The molecule has 0 aliphatic heterocycles. The standard InChI is InChI=1S/C12H14N2.ClH/c1-8(13)12-7-10(14)6-9-4-2-3-5-11(9)12;/h2-8H,13-14H2,1H3;1H/t8-;/m1./s1. The number of anilines is 1. The van der Waals surface area contributed by atoms with E-state index in [1.165, 1.54) is 5.39 Å². The van der Waals surface area contributed by atoms with Gasteiger partial charge < -0.3 is 11.5 Å². The molecule has 0 saturated carbocycles. The van der Waals surface area contributed by atoms with Gasteiger partial charge in [0.2, 0.25) is 0 Å². The van der Waals surface area contributed by atoms with Gasteiger partial charge in [-0.3, -0.25) is 0 Å². The Morgan fingerprint density at radius 2 is 1.80 bits per heavy atom. The molecule has 2 rings (SSSR count). The van der Waals surface area contributed by atoms with E-state index in [0.717, 1.165) is 16.6 Å². The molecule has 4 N–H and O–H groups in total. The Morgan fingerprint density at radius 3 is 2.47 bits per heavy atom. The fourth-order valence-electron chi connectivity index (χ4n) is 1.74. The summed E-state index contributed by atoms with van der Waals surface area (Å²) < 4.78 is 0. The van der Waals surface area contributed by atoms with Crippen LogP contribution < -0.4 is 11.5 Å². The Bertz CT molecular complexity index is 466. The summed E-state index contributed by atoms with van der Waals surface area (Å²) in [5.74, 6) is 0. The molecule has 3 heteroatoms. The summed E-state index contributed by atoms with van der Waals surface area (Å²) in [6.07, 6.45) is 0. The van der Waals surface area contributed by atoms with Gasteiger partial charge in [0.25, 0.3) is 0 Å². The topological polar surface area (TPSA) is 52.0 Å². The molecule has 0 spiro atoms. The molecule has 0 heterocycles. The van der Waals surface area contributed by atoms with Crippen molar-refractivity contribution in [3.05, 3.63) is 42.0 Å². The highest BCUT2D eigenvalue weighted by molar-refractivity contribution is 5.89. The Labute approximate surface area is 95.7 Å². The maximum absolute atomic E-state index is 5.89. The number of rotatable bonds is 1. The summed E-state index contributed by atoms with van der Waals surface area (Å²) in [7, 11) is 0. The van der Waals surface area contributed by atoms with Crippen molar-refractivity contribution in [3.63, 3.8) is 0 Å². The Morgan fingerprint density at radius 1 is 1.13 bits per heavy atom. The van der Waals surface area contributed by atoms with E-state index in [0.29, 0.717) is 0 Å². The largest absolute Gasteiger partial charge is 0.399 e. The molecule has 2 aromatic carbocycles. The van der Waals surface area contributed by atoms with Crippen LogP contribution in [-0.2, 0) is 0 Å². The molecular weight excluding hydrogens is 208 g/mol. The molecule has 0 radical (unpaired) electrons. The molecule has 0 amide bonds. The van der Waals surface area contributed by atoms with Crippen molar-refractivity contribution in [2.45, 2.75) is 13.0 Å². The summed E-state index contributed by atoms with van der Waals surface area (Å²) in [6, 6.07) is 12.1. The summed E-state index contributed by atoms with van der Waals surface area (Å²) in [5, 5.41) is 2.34. The zero-order valence-corrected chi connectivity index (χ0v) is 9.42. The fraction of sp³-hybridized carbons (Fsp3) is 0.167.